The normalized spacial score (nSPS) is 15.8. The summed E-state index contributed by atoms with van der Waals surface area (Å²) in [6.45, 7) is 7.29. The van der Waals surface area contributed by atoms with E-state index >= 15 is 0 Å². The molecule has 0 radical (unpaired) electrons. The van der Waals surface area contributed by atoms with Gasteiger partial charge in [-0.15, -0.1) is 0 Å². The van der Waals surface area contributed by atoms with Crippen LogP contribution in [0.15, 0.2) is 0 Å². The van der Waals surface area contributed by atoms with Crippen molar-refractivity contribution in [2.45, 2.75) is 32.7 Å². The summed E-state index contributed by atoms with van der Waals surface area (Å²) in [4.78, 5) is 17.2. The van der Waals surface area contributed by atoms with E-state index in [-0.39, 0.29) is 5.28 Å². The molecule has 2 rings (SSSR count). The molecule has 1 aromatic heterocycles. The monoisotopic (exact) mass is 299 g/mol. The number of nitrogens with zero attached hydrogens (tertiary/aromatic N) is 5. The molecule has 0 saturated carbocycles. The smallest absolute Gasteiger partial charge is 0.231 e. The number of hydrogen-bond donors (Lipinski definition) is 0. The average Bonchev–Trinajstić information content (AvgIpc) is 2.48. The number of rotatable bonds is 5. The molecule has 20 heavy (non-hydrogen) atoms. The first kappa shape index (κ1) is 15.3. The molecule has 1 aliphatic heterocycles. The lowest BCUT2D eigenvalue weighted by atomic mass is 10.1. The van der Waals surface area contributed by atoms with E-state index in [9.17, 15) is 0 Å². The Morgan fingerprint density at radius 2 is 1.85 bits per heavy atom. The fourth-order valence-electron chi connectivity index (χ4n) is 2.39. The SMILES string of the molecule is CCC(CC)N(C)c1nc(Cl)nc(N2CCOCC2)n1. The van der Waals surface area contributed by atoms with Gasteiger partial charge < -0.3 is 14.5 Å². The highest BCUT2D eigenvalue weighted by Gasteiger charge is 2.19. The Morgan fingerprint density at radius 3 is 2.45 bits per heavy atom. The standard InChI is InChI=1S/C13H22ClN5O/c1-4-10(5-2)18(3)12-15-11(14)16-13(17-12)19-6-8-20-9-7-19/h10H,4-9H2,1-3H3. The van der Waals surface area contributed by atoms with Crippen LogP contribution in [0.25, 0.3) is 0 Å². The Morgan fingerprint density at radius 1 is 1.20 bits per heavy atom. The van der Waals surface area contributed by atoms with Crippen molar-refractivity contribution >= 4 is 23.5 Å². The van der Waals surface area contributed by atoms with Crippen molar-refractivity contribution in [1.29, 1.82) is 0 Å². The van der Waals surface area contributed by atoms with Gasteiger partial charge in [0.2, 0.25) is 17.2 Å². The highest BCUT2D eigenvalue weighted by molar-refractivity contribution is 6.28. The Bertz CT molecular complexity index is 435. The highest BCUT2D eigenvalue weighted by Crippen LogP contribution is 2.20. The molecule has 0 bridgehead atoms. The van der Waals surface area contributed by atoms with Gasteiger partial charge in [-0.2, -0.15) is 15.0 Å². The molecule has 112 valence electrons. The summed E-state index contributed by atoms with van der Waals surface area (Å²) in [6, 6.07) is 0.408. The maximum Gasteiger partial charge on any atom is 0.231 e. The minimum Gasteiger partial charge on any atom is -0.378 e. The van der Waals surface area contributed by atoms with Crippen LogP contribution < -0.4 is 9.80 Å². The largest absolute Gasteiger partial charge is 0.378 e. The molecule has 0 amide bonds. The number of aromatic nitrogens is 3. The lowest BCUT2D eigenvalue weighted by Gasteiger charge is -2.29. The van der Waals surface area contributed by atoms with Gasteiger partial charge in [-0.05, 0) is 24.4 Å². The number of hydrogen-bond acceptors (Lipinski definition) is 6. The van der Waals surface area contributed by atoms with Gasteiger partial charge in [0.15, 0.2) is 0 Å². The van der Waals surface area contributed by atoms with Crippen LogP contribution in [0.1, 0.15) is 26.7 Å². The number of morpholine rings is 1. The minimum absolute atomic E-state index is 0.245. The quantitative estimate of drug-likeness (QED) is 0.829. The predicted molar refractivity (Wildman–Crippen MR) is 80.6 cm³/mol. The van der Waals surface area contributed by atoms with Gasteiger partial charge in [-0.3, -0.25) is 0 Å². The topological polar surface area (TPSA) is 54.4 Å². The zero-order valence-electron chi connectivity index (χ0n) is 12.3. The summed E-state index contributed by atoms with van der Waals surface area (Å²) in [7, 11) is 2.01. The van der Waals surface area contributed by atoms with Gasteiger partial charge in [-0.1, -0.05) is 13.8 Å². The molecule has 1 fully saturated rings. The summed E-state index contributed by atoms with van der Waals surface area (Å²) in [5.74, 6) is 1.28. The van der Waals surface area contributed by atoms with Crippen molar-refractivity contribution in [2.24, 2.45) is 0 Å². The van der Waals surface area contributed by atoms with E-state index in [4.69, 9.17) is 16.3 Å². The second-order valence-electron chi connectivity index (χ2n) is 4.89. The first-order valence-electron chi connectivity index (χ1n) is 7.12. The molecule has 0 aliphatic carbocycles. The van der Waals surface area contributed by atoms with Crippen LogP contribution in [0.2, 0.25) is 5.28 Å². The lowest BCUT2D eigenvalue weighted by Crippen LogP contribution is -2.38. The van der Waals surface area contributed by atoms with Gasteiger partial charge in [0, 0.05) is 26.2 Å². The van der Waals surface area contributed by atoms with Gasteiger partial charge in [0.1, 0.15) is 0 Å². The molecule has 7 heteroatoms. The first-order valence-corrected chi connectivity index (χ1v) is 7.50. The van der Waals surface area contributed by atoms with Crippen LogP contribution in [0, 0.1) is 0 Å². The van der Waals surface area contributed by atoms with Gasteiger partial charge in [0.25, 0.3) is 0 Å². The summed E-state index contributed by atoms with van der Waals surface area (Å²) in [5.41, 5.74) is 0. The number of ether oxygens (including phenoxy) is 1. The fourth-order valence-corrected chi connectivity index (χ4v) is 2.54. The van der Waals surface area contributed by atoms with Gasteiger partial charge >= 0.3 is 0 Å². The zero-order valence-corrected chi connectivity index (χ0v) is 13.1. The van der Waals surface area contributed by atoms with E-state index in [2.05, 4.69) is 38.6 Å². The molecule has 2 heterocycles. The lowest BCUT2D eigenvalue weighted by molar-refractivity contribution is 0.122. The van der Waals surface area contributed by atoms with Crippen molar-refractivity contribution in [3.63, 3.8) is 0 Å². The minimum atomic E-state index is 0.245. The summed E-state index contributed by atoms with van der Waals surface area (Å²) >= 11 is 6.06. The maximum atomic E-state index is 6.06. The van der Waals surface area contributed by atoms with Crippen LogP contribution in [0.3, 0.4) is 0 Å². The van der Waals surface area contributed by atoms with Crippen molar-refractivity contribution < 1.29 is 4.74 Å². The molecule has 6 nitrogen and oxygen atoms in total. The van der Waals surface area contributed by atoms with Crippen molar-refractivity contribution in [3.8, 4) is 0 Å². The molecular formula is C13H22ClN5O. The molecule has 1 saturated heterocycles. The third-order valence-corrected chi connectivity index (χ3v) is 3.85. The molecule has 0 N–H and O–H groups in total. The summed E-state index contributed by atoms with van der Waals surface area (Å²) < 4.78 is 5.35. The molecule has 0 unspecified atom stereocenters. The molecule has 0 atom stereocenters. The maximum absolute atomic E-state index is 6.06. The fraction of sp³-hybridized carbons (Fsp3) is 0.769. The van der Waals surface area contributed by atoms with Crippen LogP contribution in [0.5, 0.6) is 0 Å². The zero-order chi connectivity index (χ0) is 14.5. The number of halogens is 1. The molecule has 0 aromatic carbocycles. The van der Waals surface area contributed by atoms with E-state index < -0.39 is 0 Å². The van der Waals surface area contributed by atoms with Crippen molar-refractivity contribution in [3.05, 3.63) is 5.28 Å². The Kier molecular flexibility index (Phi) is 5.37. The number of anilines is 2. The van der Waals surface area contributed by atoms with Crippen LogP contribution in [-0.4, -0.2) is 54.3 Å². The average molecular weight is 300 g/mol. The van der Waals surface area contributed by atoms with E-state index in [1.807, 2.05) is 7.05 Å². The second-order valence-corrected chi connectivity index (χ2v) is 5.22. The third-order valence-electron chi connectivity index (χ3n) is 3.68. The summed E-state index contributed by atoms with van der Waals surface area (Å²) in [6.07, 6.45) is 2.09. The Labute approximate surface area is 125 Å². The predicted octanol–water partition coefficient (Wildman–Crippen LogP) is 1.99. The molecule has 0 spiro atoms. The van der Waals surface area contributed by atoms with E-state index in [0.717, 1.165) is 25.9 Å². The summed E-state index contributed by atoms with van der Waals surface area (Å²) in [5, 5.41) is 0.245. The Balaban J connectivity index is 2.23. The van der Waals surface area contributed by atoms with Crippen molar-refractivity contribution in [2.75, 3.05) is 43.2 Å². The Hall–Kier alpha value is -1.14. The van der Waals surface area contributed by atoms with Crippen LogP contribution >= 0.6 is 11.6 Å². The van der Waals surface area contributed by atoms with Gasteiger partial charge in [-0.25, -0.2) is 0 Å². The highest BCUT2D eigenvalue weighted by atomic mass is 35.5. The van der Waals surface area contributed by atoms with Gasteiger partial charge in [0.05, 0.1) is 13.2 Å². The van der Waals surface area contributed by atoms with Crippen LogP contribution in [-0.2, 0) is 4.74 Å². The third kappa shape index (κ3) is 3.49. The van der Waals surface area contributed by atoms with E-state index in [0.29, 0.717) is 31.2 Å². The van der Waals surface area contributed by atoms with E-state index in [1.165, 1.54) is 0 Å². The molecule has 1 aromatic rings. The van der Waals surface area contributed by atoms with Crippen LogP contribution in [0.4, 0.5) is 11.9 Å². The second kappa shape index (κ2) is 7.04. The molecule has 1 aliphatic rings. The van der Waals surface area contributed by atoms with Crippen molar-refractivity contribution in [1.82, 2.24) is 15.0 Å². The molecular weight excluding hydrogens is 278 g/mol. The van der Waals surface area contributed by atoms with E-state index in [1.54, 1.807) is 0 Å². The first-order chi connectivity index (χ1) is 9.65.